The summed E-state index contributed by atoms with van der Waals surface area (Å²) >= 11 is 6.23. The molecule has 0 aliphatic carbocycles. The van der Waals surface area contributed by atoms with Gasteiger partial charge in [0.25, 0.3) is 0 Å². The van der Waals surface area contributed by atoms with Crippen molar-refractivity contribution in [2.75, 3.05) is 0 Å². The molecule has 23 heavy (non-hydrogen) atoms. The largest absolute Gasteiger partial charge is 0.261 e. The second-order valence-electron chi connectivity index (χ2n) is 6.38. The number of halogens is 1. The van der Waals surface area contributed by atoms with Crippen molar-refractivity contribution in [3.63, 3.8) is 0 Å². The molecule has 1 aromatic carbocycles. The Balaban J connectivity index is 2.06. The Labute approximate surface area is 141 Å². The molecular formula is C19H17ClN3. The third kappa shape index (κ3) is 3.40. The lowest BCUT2D eigenvalue weighted by atomic mass is 9.90. The number of rotatable bonds is 2. The summed E-state index contributed by atoms with van der Waals surface area (Å²) in [5.74, 6) is 0. The maximum atomic E-state index is 6.23. The van der Waals surface area contributed by atoms with E-state index < -0.39 is 0 Å². The molecule has 0 bridgehead atoms. The summed E-state index contributed by atoms with van der Waals surface area (Å²) in [7, 11) is 0. The third-order valence-corrected chi connectivity index (χ3v) is 3.86. The Morgan fingerprint density at radius 1 is 1.09 bits per heavy atom. The number of hydrogen-bond acceptors (Lipinski definition) is 3. The number of nitrogens with zero attached hydrogens (tertiary/aromatic N) is 3. The van der Waals surface area contributed by atoms with Crippen LogP contribution in [0.15, 0.2) is 48.9 Å². The van der Waals surface area contributed by atoms with E-state index in [-0.39, 0.29) is 5.41 Å². The van der Waals surface area contributed by atoms with Gasteiger partial charge < -0.3 is 0 Å². The van der Waals surface area contributed by atoms with E-state index in [1.165, 1.54) is 0 Å². The summed E-state index contributed by atoms with van der Waals surface area (Å²) in [4.78, 5) is 13.5. The molecule has 3 nitrogen and oxygen atoms in total. The number of aromatic nitrogens is 3. The van der Waals surface area contributed by atoms with Crippen molar-refractivity contribution in [1.82, 2.24) is 15.0 Å². The molecule has 115 valence electrons. The third-order valence-electron chi connectivity index (χ3n) is 3.55. The smallest absolute Gasteiger partial charge is 0.0907 e. The van der Waals surface area contributed by atoms with Gasteiger partial charge in [0.15, 0.2) is 0 Å². The van der Waals surface area contributed by atoms with E-state index in [0.717, 1.165) is 28.2 Å². The van der Waals surface area contributed by atoms with Crippen molar-refractivity contribution < 1.29 is 0 Å². The predicted octanol–water partition coefficient (Wildman–Crippen LogP) is 4.96. The molecule has 2 aromatic heterocycles. The van der Waals surface area contributed by atoms with Crippen LogP contribution in [0.5, 0.6) is 0 Å². The Hall–Kier alpha value is -2.26. The van der Waals surface area contributed by atoms with Crippen molar-refractivity contribution in [2.24, 2.45) is 0 Å². The van der Waals surface area contributed by atoms with Crippen LogP contribution in [0.1, 0.15) is 26.5 Å². The number of benzene rings is 1. The molecule has 0 N–H and O–H groups in total. The fourth-order valence-electron chi connectivity index (χ4n) is 2.25. The Kier molecular flexibility index (Phi) is 4.14. The average molecular weight is 323 g/mol. The highest BCUT2D eigenvalue weighted by Gasteiger charge is 2.16. The van der Waals surface area contributed by atoms with Gasteiger partial charge in [-0.1, -0.05) is 44.5 Å². The van der Waals surface area contributed by atoms with Crippen LogP contribution >= 0.6 is 11.6 Å². The first-order chi connectivity index (χ1) is 10.9. The molecular weight excluding hydrogens is 306 g/mol. The van der Waals surface area contributed by atoms with Crippen molar-refractivity contribution in [2.45, 2.75) is 26.2 Å². The molecule has 0 saturated heterocycles. The molecule has 0 fully saturated rings. The van der Waals surface area contributed by atoms with Crippen molar-refractivity contribution in [3.8, 4) is 22.5 Å². The Morgan fingerprint density at radius 3 is 2.61 bits per heavy atom. The van der Waals surface area contributed by atoms with Crippen LogP contribution in [0.3, 0.4) is 0 Å². The Bertz CT molecular complexity index is 838. The summed E-state index contributed by atoms with van der Waals surface area (Å²) < 4.78 is 0. The van der Waals surface area contributed by atoms with Gasteiger partial charge >= 0.3 is 0 Å². The highest BCUT2D eigenvalue weighted by atomic mass is 35.5. The minimum atomic E-state index is -0.0143. The van der Waals surface area contributed by atoms with Gasteiger partial charge in [-0.2, -0.15) is 0 Å². The minimum Gasteiger partial charge on any atom is -0.261 e. The maximum Gasteiger partial charge on any atom is 0.0907 e. The monoisotopic (exact) mass is 322 g/mol. The second kappa shape index (κ2) is 6.09. The lowest BCUT2D eigenvalue weighted by Gasteiger charge is -2.18. The lowest BCUT2D eigenvalue weighted by Crippen LogP contribution is -2.13. The second-order valence-corrected chi connectivity index (χ2v) is 6.78. The van der Waals surface area contributed by atoms with E-state index >= 15 is 0 Å². The first-order valence-electron chi connectivity index (χ1n) is 7.40. The summed E-state index contributed by atoms with van der Waals surface area (Å²) in [6.45, 7) is 6.42. The maximum absolute atomic E-state index is 6.23. The van der Waals surface area contributed by atoms with Gasteiger partial charge in [-0.05, 0) is 24.3 Å². The fraction of sp³-hybridized carbons (Fsp3) is 0.211. The number of hydrogen-bond donors (Lipinski definition) is 0. The summed E-state index contributed by atoms with van der Waals surface area (Å²) in [6.07, 6.45) is 5.29. The highest BCUT2D eigenvalue weighted by Crippen LogP contribution is 2.28. The predicted molar refractivity (Wildman–Crippen MR) is 93.2 cm³/mol. The average Bonchev–Trinajstić information content (AvgIpc) is 2.55. The van der Waals surface area contributed by atoms with Crippen LogP contribution in [-0.4, -0.2) is 15.0 Å². The van der Waals surface area contributed by atoms with Crippen LogP contribution in [0, 0.1) is 6.07 Å². The van der Waals surface area contributed by atoms with E-state index in [1.54, 1.807) is 18.5 Å². The van der Waals surface area contributed by atoms with Gasteiger partial charge in [0.1, 0.15) is 0 Å². The zero-order valence-corrected chi connectivity index (χ0v) is 14.1. The van der Waals surface area contributed by atoms with Crippen LogP contribution in [-0.2, 0) is 5.41 Å². The topological polar surface area (TPSA) is 38.7 Å². The highest BCUT2D eigenvalue weighted by molar-refractivity contribution is 6.33. The van der Waals surface area contributed by atoms with Crippen LogP contribution in [0.2, 0.25) is 5.02 Å². The van der Waals surface area contributed by atoms with E-state index in [1.807, 2.05) is 24.4 Å². The zero-order valence-electron chi connectivity index (χ0n) is 13.3. The lowest BCUT2D eigenvalue weighted by molar-refractivity contribution is 0.569. The van der Waals surface area contributed by atoms with Crippen LogP contribution < -0.4 is 0 Å². The van der Waals surface area contributed by atoms with Crippen LogP contribution in [0.4, 0.5) is 0 Å². The van der Waals surface area contributed by atoms with Crippen molar-refractivity contribution in [1.29, 1.82) is 0 Å². The van der Waals surface area contributed by atoms with Gasteiger partial charge in [0.2, 0.25) is 0 Å². The summed E-state index contributed by atoms with van der Waals surface area (Å²) in [6, 6.07) is 12.4. The standard InChI is InChI=1S/C19H17ClN3/c1-19(2,3)18-10-13(8-9-22-18)16-11-21-12-17(23-16)14-6-4-5-7-15(14)20/h4,6-12H,1-3H3. The first kappa shape index (κ1) is 15.6. The Morgan fingerprint density at radius 2 is 1.87 bits per heavy atom. The molecule has 0 aliphatic heterocycles. The van der Waals surface area contributed by atoms with E-state index in [4.69, 9.17) is 16.6 Å². The molecule has 3 aromatic rings. The van der Waals surface area contributed by atoms with Gasteiger partial charge in [-0.3, -0.25) is 9.97 Å². The van der Waals surface area contributed by atoms with E-state index in [9.17, 15) is 0 Å². The quantitative estimate of drug-likeness (QED) is 0.669. The molecule has 0 spiro atoms. The van der Waals surface area contributed by atoms with Gasteiger partial charge in [0, 0.05) is 28.4 Å². The minimum absolute atomic E-state index is 0.0143. The van der Waals surface area contributed by atoms with Crippen molar-refractivity contribution in [3.05, 3.63) is 65.7 Å². The van der Waals surface area contributed by atoms with Gasteiger partial charge in [-0.15, -0.1) is 0 Å². The molecule has 0 amide bonds. The molecule has 0 saturated carbocycles. The first-order valence-corrected chi connectivity index (χ1v) is 7.78. The molecule has 0 atom stereocenters. The summed E-state index contributed by atoms with van der Waals surface area (Å²) in [5.41, 5.74) is 4.41. The van der Waals surface area contributed by atoms with E-state index in [2.05, 4.69) is 42.9 Å². The van der Waals surface area contributed by atoms with Crippen molar-refractivity contribution >= 4 is 11.6 Å². The molecule has 1 radical (unpaired) electrons. The molecule has 2 heterocycles. The zero-order chi connectivity index (χ0) is 16.4. The SMILES string of the molecule is CC(C)(C)c1cc(-c2cncc(-c3cc[c]cc3Cl)n2)ccn1. The van der Waals surface area contributed by atoms with Gasteiger partial charge in [0.05, 0.1) is 28.8 Å². The molecule has 4 heteroatoms. The molecule has 3 rings (SSSR count). The van der Waals surface area contributed by atoms with Gasteiger partial charge in [-0.25, -0.2) is 4.98 Å². The van der Waals surface area contributed by atoms with Crippen LogP contribution in [0.25, 0.3) is 22.5 Å². The molecule has 0 aliphatic rings. The summed E-state index contributed by atoms with van der Waals surface area (Å²) in [5, 5.41) is 0.615. The molecule has 0 unspecified atom stereocenters. The number of pyridine rings is 1. The fourth-order valence-corrected chi connectivity index (χ4v) is 2.48. The normalized spacial score (nSPS) is 11.5. The van der Waals surface area contributed by atoms with E-state index in [0.29, 0.717) is 5.02 Å².